The Bertz CT molecular complexity index is 569. The van der Waals surface area contributed by atoms with Gasteiger partial charge in [-0.3, -0.25) is 0 Å². The Morgan fingerprint density at radius 1 is 1.12 bits per heavy atom. The minimum atomic E-state index is -3.16. The summed E-state index contributed by atoms with van der Waals surface area (Å²) in [7, 11) is -3.16. The summed E-state index contributed by atoms with van der Waals surface area (Å²) in [5.74, 6) is 0. The molecule has 0 spiro atoms. The normalized spacial score (nSPS) is 24.4. The Balaban J connectivity index is 2.17. The van der Waals surface area contributed by atoms with Crippen molar-refractivity contribution in [1.82, 2.24) is 0 Å². The first-order valence-corrected chi connectivity index (χ1v) is 7.87. The Labute approximate surface area is 102 Å². The summed E-state index contributed by atoms with van der Waals surface area (Å²) in [5, 5.41) is 0. The lowest BCUT2D eigenvalue weighted by molar-refractivity contribution is 0.494. The van der Waals surface area contributed by atoms with E-state index in [0.717, 1.165) is 31.2 Å². The molecule has 0 aromatic heterocycles. The van der Waals surface area contributed by atoms with Crippen LogP contribution in [0.4, 0.5) is 0 Å². The minimum Gasteiger partial charge on any atom is -0.324 e. The average molecular weight is 251 g/mol. The van der Waals surface area contributed by atoms with Crippen LogP contribution in [0, 0.1) is 0 Å². The fourth-order valence-electron chi connectivity index (χ4n) is 2.96. The van der Waals surface area contributed by atoms with Crippen molar-refractivity contribution in [1.29, 1.82) is 0 Å². The smallest absolute Gasteiger partial charge is 0.175 e. The van der Waals surface area contributed by atoms with E-state index in [1.807, 2.05) is 12.1 Å². The molecule has 1 aromatic rings. The Kier molecular flexibility index (Phi) is 2.06. The van der Waals surface area contributed by atoms with E-state index in [4.69, 9.17) is 5.73 Å². The van der Waals surface area contributed by atoms with Gasteiger partial charge in [-0.05, 0) is 37.3 Å². The molecule has 0 atom stereocenters. The zero-order valence-electron chi connectivity index (χ0n) is 9.94. The lowest BCUT2D eigenvalue weighted by Gasteiger charge is -2.25. The number of hydrogen-bond donors (Lipinski definition) is 1. The fraction of sp³-hybridized carbons (Fsp3) is 0.538. The van der Waals surface area contributed by atoms with Gasteiger partial charge in [-0.15, -0.1) is 0 Å². The van der Waals surface area contributed by atoms with E-state index in [0.29, 0.717) is 4.90 Å². The summed E-state index contributed by atoms with van der Waals surface area (Å²) in [6, 6.07) is 7.34. The zero-order valence-corrected chi connectivity index (χ0v) is 10.8. The molecular weight excluding hydrogens is 234 g/mol. The highest BCUT2D eigenvalue weighted by atomic mass is 32.2. The number of rotatable bonds is 3. The van der Waals surface area contributed by atoms with E-state index in [-0.39, 0.29) is 11.0 Å². The molecule has 2 aliphatic carbocycles. The van der Waals surface area contributed by atoms with Gasteiger partial charge in [0.15, 0.2) is 9.84 Å². The largest absolute Gasteiger partial charge is 0.324 e. The lowest BCUT2D eigenvalue weighted by atomic mass is 9.86. The van der Waals surface area contributed by atoms with E-state index >= 15 is 0 Å². The highest BCUT2D eigenvalue weighted by Gasteiger charge is 2.64. The molecule has 3 nitrogen and oxygen atoms in total. The van der Waals surface area contributed by atoms with Crippen LogP contribution >= 0.6 is 0 Å². The molecule has 0 unspecified atom stereocenters. The third-order valence-corrected chi connectivity index (χ3v) is 5.45. The number of nitrogens with two attached hydrogens (primary N) is 1. The first kappa shape index (κ1) is 11.2. The van der Waals surface area contributed by atoms with Gasteiger partial charge in [0.25, 0.3) is 0 Å². The molecule has 92 valence electrons. The minimum absolute atomic E-state index is 0.0628. The number of benzene rings is 1. The second kappa shape index (κ2) is 3.12. The molecule has 2 saturated carbocycles. The van der Waals surface area contributed by atoms with Crippen molar-refractivity contribution in [2.24, 2.45) is 5.73 Å². The quantitative estimate of drug-likeness (QED) is 0.888. The maximum Gasteiger partial charge on any atom is 0.175 e. The molecule has 3 rings (SSSR count). The van der Waals surface area contributed by atoms with Crippen LogP contribution in [0.3, 0.4) is 0 Å². The van der Waals surface area contributed by atoms with E-state index in [1.165, 1.54) is 6.26 Å². The topological polar surface area (TPSA) is 60.2 Å². The third kappa shape index (κ3) is 1.54. The number of hydrogen-bond acceptors (Lipinski definition) is 3. The first-order chi connectivity index (χ1) is 7.89. The van der Waals surface area contributed by atoms with Gasteiger partial charge in [0.1, 0.15) is 0 Å². The summed E-state index contributed by atoms with van der Waals surface area (Å²) in [4.78, 5) is 0.467. The van der Waals surface area contributed by atoms with Crippen molar-refractivity contribution in [3.05, 3.63) is 29.8 Å². The predicted molar refractivity (Wildman–Crippen MR) is 66.6 cm³/mol. The van der Waals surface area contributed by atoms with Gasteiger partial charge in [0, 0.05) is 17.2 Å². The van der Waals surface area contributed by atoms with Crippen LogP contribution in [0.2, 0.25) is 0 Å². The van der Waals surface area contributed by atoms with Crippen LogP contribution in [-0.4, -0.2) is 20.2 Å². The summed E-state index contributed by atoms with van der Waals surface area (Å²) in [5.41, 5.74) is 7.08. The van der Waals surface area contributed by atoms with Gasteiger partial charge in [0.2, 0.25) is 0 Å². The Morgan fingerprint density at radius 3 is 2.18 bits per heavy atom. The van der Waals surface area contributed by atoms with E-state index in [2.05, 4.69) is 0 Å². The molecule has 0 heterocycles. The van der Waals surface area contributed by atoms with Crippen LogP contribution in [0.25, 0.3) is 0 Å². The predicted octanol–water partition coefficient (Wildman–Crippen LogP) is 1.61. The monoisotopic (exact) mass is 251 g/mol. The lowest BCUT2D eigenvalue weighted by Crippen LogP contribution is -2.38. The summed E-state index contributed by atoms with van der Waals surface area (Å²) < 4.78 is 23.7. The van der Waals surface area contributed by atoms with Crippen molar-refractivity contribution in [3.8, 4) is 0 Å². The molecule has 2 fully saturated rings. The molecule has 2 N–H and O–H groups in total. The van der Waals surface area contributed by atoms with Crippen molar-refractivity contribution >= 4 is 9.84 Å². The maximum absolute atomic E-state index is 11.8. The zero-order chi connectivity index (χ0) is 12.3. The van der Waals surface area contributed by atoms with E-state index in [1.54, 1.807) is 12.1 Å². The Hall–Kier alpha value is -0.870. The fourth-order valence-corrected chi connectivity index (χ4v) is 3.95. The van der Waals surface area contributed by atoms with Crippen LogP contribution < -0.4 is 5.73 Å². The van der Waals surface area contributed by atoms with Crippen LogP contribution in [0.1, 0.15) is 31.2 Å². The van der Waals surface area contributed by atoms with E-state index in [9.17, 15) is 8.42 Å². The van der Waals surface area contributed by atoms with Gasteiger partial charge in [-0.1, -0.05) is 18.2 Å². The van der Waals surface area contributed by atoms with Crippen molar-refractivity contribution < 1.29 is 8.42 Å². The molecule has 0 radical (unpaired) electrons. The molecule has 0 amide bonds. The van der Waals surface area contributed by atoms with Crippen molar-refractivity contribution in [2.45, 2.75) is 41.5 Å². The maximum atomic E-state index is 11.8. The van der Waals surface area contributed by atoms with E-state index < -0.39 is 9.84 Å². The number of sulfone groups is 1. The molecule has 2 aliphatic rings. The summed E-state index contributed by atoms with van der Waals surface area (Å²) in [6.45, 7) is 0. The standard InChI is InChI=1S/C13H17NO2S/c1-17(15,16)11-5-3-2-4-10(11)12(6-7-12)13(14)8-9-13/h2-5H,6-9,14H2,1H3. The van der Waals surface area contributed by atoms with Gasteiger partial charge >= 0.3 is 0 Å². The second-order valence-electron chi connectivity index (χ2n) is 5.51. The molecule has 0 bridgehead atoms. The first-order valence-electron chi connectivity index (χ1n) is 5.98. The Morgan fingerprint density at radius 2 is 1.71 bits per heavy atom. The van der Waals surface area contributed by atoms with Crippen LogP contribution in [-0.2, 0) is 15.3 Å². The van der Waals surface area contributed by atoms with Gasteiger partial charge in [0.05, 0.1) is 4.90 Å². The highest BCUT2D eigenvalue weighted by molar-refractivity contribution is 7.90. The molecule has 0 aliphatic heterocycles. The van der Waals surface area contributed by atoms with Crippen LogP contribution in [0.15, 0.2) is 29.2 Å². The molecule has 0 saturated heterocycles. The second-order valence-corrected chi connectivity index (χ2v) is 7.49. The average Bonchev–Trinajstić information content (AvgIpc) is 3.12. The van der Waals surface area contributed by atoms with Crippen molar-refractivity contribution in [3.63, 3.8) is 0 Å². The summed E-state index contributed by atoms with van der Waals surface area (Å²) >= 11 is 0. The highest BCUT2D eigenvalue weighted by Crippen LogP contribution is 2.64. The molecule has 1 aromatic carbocycles. The third-order valence-electron chi connectivity index (χ3n) is 4.29. The van der Waals surface area contributed by atoms with Gasteiger partial charge in [-0.25, -0.2) is 8.42 Å². The molecule has 17 heavy (non-hydrogen) atoms. The molecule has 4 heteroatoms. The summed E-state index contributed by atoms with van der Waals surface area (Å²) in [6.07, 6.45) is 5.36. The van der Waals surface area contributed by atoms with Gasteiger partial charge in [-0.2, -0.15) is 0 Å². The van der Waals surface area contributed by atoms with Crippen LogP contribution in [0.5, 0.6) is 0 Å². The molecular formula is C13H17NO2S. The van der Waals surface area contributed by atoms with Gasteiger partial charge < -0.3 is 5.73 Å². The van der Waals surface area contributed by atoms with Crippen molar-refractivity contribution in [2.75, 3.05) is 6.26 Å². The SMILES string of the molecule is CS(=O)(=O)c1ccccc1C1(C2(N)CC2)CC1.